The molecule has 0 spiro atoms. The average Bonchev–Trinajstić information content (AvgIpc) is 2.25. The van der Waals surface area contributed by atoms with Gasteiger partial charge in [0.25, 0.3) is 0 Å². The zero-order chi connectivity index (χ0) is 10.4. The Balaban J connectivity index is 2.85. The number of rotatable bonds is 4. The summed E-state index contributed by atoms with van der Waals surface area (Å²) in [6, 6.07) is 3.37. The maximum atomic E-state index is 11.3. The highest BCUT2D eigenvalue weighted by atomic mass is 16.5. The number of hydrogen-bond donors (Lipinski definition) is 0. The lowest BCUT2D eigenvalue weighted by molar-refractivity contribution is 0.0591. The van der Waals surface area contributed by atoms with Crippen LogP contribution in [-0.4, -0.2) is 24.7 Å². The fourth-order valence-corrected chi connectivity index (χ4v) is 1.05. The summed E-state index contributed by atoms with van der Waals surface area (Å²) >= 11 is 0. The van der Waals surface area contributed by atoms with Crippen molar-refractivity contribution >= 4 is 5.97 Å². The van der Waals surface area contributed by atoms with Crippen LogP contribution in [0.2, 0.25) is 0 Å². The van der Waals surface area contributed by atoms with Crippen LogP contribution in [0.1, 0.15) is 23.0 Å². The van der Waals surface area contributed by atoms with Crippen LogP contribution in [-0.2, 0) is 16.1 Å². The molecular weight excluding hydrogens is 182 g/mol. The lowest BCUT2D eigenvalue weighted by Gasteiger charge is -2.05. The molecule has 14 heavy (non-hydrogen) atoms. The van der Waals surface area contributed by atoms with E-state index >= 15 is 0 Å². The van der Waals surface area contributed by atoms with Crippen LogP contribution in [0.15, 0.2) is 18.3 Å². The van der Waals surface area contributed by atoms with Gasteiger partial charge in [0.2, 0.25) is 0 Å². The molecule has 1 aromatic rings. The van der Waals surface area contributed by atoms with Crippen molar-refractivity contribution in [1.82, 2.24) is 4.98 Å². The zero-order valence-corrected chi connectivity index (χ0v) is 8.32. The van der Waals surface area contributed by atoms with E-state index in [1.54, 1.807) is 18.3 Å². The Hall–Kier alpha value is -1.42. The summed E-state index contributed by atoms with van der Waals surface area (Å²) in [5.74, 6) is -0.382. The van der Waals surface area contributed by atoms with Crippen LogP contribution in [0.25, 0.3) is 0 Å². The summed E-state index contributed by atoms with van der Waals surface area (Å²) in [5.41, 5.74) is 1.07. The summed E-state index contributed by atoms with van der Waals surface area (Å²) in [6.07, 6.45) is 1.63. The molecule has 0 saturated heterocycles. The number of nitrogens with zero attached hydrogens (tertiary/aromatic N) is 1. The van der Waals surface area contributed by atoms with E-state index in [1.165, 1.54) is 7.11 Å². The van der Waals surface area contributed by atoms with Crippen molar-refractivity contribution in [2.24, 2.45) is 0 Å². The molecule has 4 nitrogen and oxygen atoms in total. The number of esters is 1. The molecule has 0 radical (unpaired) electrons. The Labute approximate surface area is 82.9 Å². The third-order valence-corrected chi connectivity index (χ3v) is 1.74. The van der Waals surface area contributed by atoms with Gasteiger partial charge in [0.05, 0.1) is 25.0 Å². The van der Waals surface area contributed by atoms with Gasteiger partial charge in [0.15, 0.2) is 0 Å². The molecule has 1 heterocycles. The fourth-order valence-electron chi connectivity index (χ4n) is 1.05. The van der Waals surface area contributed by atoms with E-state index in [1.807, 2.05) is 6.92 Å². The Morgan fingerprint density at radius 1 is 1.57 bits per heavy atom. The number of methoxy groups -OCH3 is 1. The monoisotopic (exact) mass is 195 g/mol. The first-order valence-corrected chi connectivity index (χ1v) is 4.39. The molecule has 0 bridgehead atoms. The Kier molecular flexibility index (Phi) is 4.07. The smallest absolute Gasteiger partial charge is 0.339 e. The lowest BCUT2D eigenvalue weighted by atomic mass is 10.2. The largest absolute Gasteiger partial charge is 0.465 e. The highest BCUT2D eigenvalue weighted by Gasteiger charge is 2.11. The number of pyridine rings is 1. The van der Waals surface area contributed by atoms with E-state index in [0.29, 0.717) is 24.5 Å². The molecular formula is C10H13NO3. The highest BCUT2D eigenvalue weighted by Crippen LogP contribution is 2.07. The highest BCUT2D eigenvalue weighted by molar-refractivity contribution is 5.90. The van der Waals surface area contributed by atoms with Gasteiger partial charge in [0.1, 0.15) is 0 Å². The minimum Gasteiger partial charge on any atom is -0.465 e. The molecule has 0 N–H and O–H groups in total. The Bertz CT molecular complexity index is 312. The predicted molar refractivity (Wildman–Crippen MR) is 50.9 cm³/mol. The molecule has 0 amide bonds. The van der Waals surface area contributed by atoms with E-state index < -0.39 is 0 Å². The van der Waals surface area contributed by atoms with Gasteiger partial charge in [-0.15, -0.1) is 0 Å². The van der Waals surface area contributed by atoms with Crippen LogP contribution in [0.3, 0.4) is 0 Å². The fraction of sp³-hybridized carbons (Fsp3) is 0.400. The quantitative estimate of drug-likeness (QED) is 0.681. The maximum Gasteiger partial charge on any atom is 0.339 e. The van der Waals surface area contributed by atoms with Gasteiger partial charge in [-0.2, -0.15) is 0 Å². The SMILES string of the molecule is CCOCc1ncccc1C(=O)OC. The van der Waals surface area contributed by atoms with Gasteiger partial charge in [-0.1, -0.05) is 0 Å². The molecule has 0 aliphatic heterocycles. The average molecular weight is 195 g/mol. The van der Waals surface area contributed by atoms with Crippen molar-refractivity contribution < 1.29 is 14.3 Å². The third kappa shape index (κ3) is 2.53. The number of hydrogen-bond acceptors (Lipinski definition) is 4. The lowest BCUT2D eigenvalue weighted by Crippen LogP contribution is -2.08. The maximum absolute atomic E-state index is 11.3. The normalized spacial score (nSPS) is 9.86. The molecule has 0 aliphatic rings. The minimum absolute atomic E-state index is 0.335. The second kappa shape index (κ2) is 5.34. The second-order valence-electron chi connectivity index (χ2n) is 2.63. The first-order valence-electron chi connectivity index (χ1n) is 4.39. The van der Waals surface area contributed by atoms with E-state index in [2.05, 4.69) is 9.72 Å². The first kappa shape index (κ1) is 10.7. The van der Waals surface area contributed by atoms with Crippen LogP contribution in [0.4, 0.5) is 0 Å². The van der Waals surface area contributed by atoms with E-state index in [4.69, 9.17) is 4.74 Å². The molecule has 1 rings (SSSR count). The van der Waals surface area contributed by atoms with E-state index in [9.17, 15) is 4.79 Å². The molecule has 4 heteroatoms. The summed E-state index contributed by atoms with van der Waals surface area (Å²) < 4.78 is 9.81. The molecule has 0 saturated carbocycles. The minimum atomic E-state index is -0.382. The number of carbonyl (C=O) groups excluding carboxylic acids is 1. The van der Waals surface area contributed by atoms with Crippen LogP contribution in [0, 0.1) is 0 Å². The van der Waals surface area contributed by atoms with Crippen molar-refractivity contribution in [3.05, 3.63) is 29.6 Å². The molecule has 0 aromatic carbocycles. The van der Waals surface area contributed by atoms with Gasteiger partial charge >= 0.3 is 5.97 Å². The van der Waals surface area contributed by atoms with Gasteiger partial charge in [0, 0.05) is 12.8 Å². The van der Waals surface area contributed by atoms with Gasteiger partial charge < -0.3 is 9.47 Å². The molecule has 0 unspecified atom stereocenters. The Morgan fingerprint density at radius 2 is 2.36 bits per heavy atom. The molecule has 1 aromatic heterocycles. The number of carbonyl (C=O) groups is 1. The zero-order valence-electron chi connectivity index (χ0n) is 8.32. The van der Waals surface area contributed by atoms with Crippen LogP contribution >= 0.6 is 0 Å². The molecule has 0 fully saturated rings. The first-order chi connectivity index (χ1) is 6.79. The van der Waals surface area contributed by atoms with E-state index in [0.717, 1.165) is 0 Å². The van der Waals surface area contributed by atoms with Crippen LogP contribution < -0.4 is 0 Å². The summed E-state index contributed by atoms with van der Waals surface area (Å²) in [4.78, 5) is 15.3. The van der Waals surface area contributed by atoms with Crippen molar-refractivity contribution in [3.63, 3.8) is 0 Å². The van der Waals surface area contributed by atoms with Crippen molar-refractivity contribution in [3.8, 4) is 0 Å². The summed E-state index contributed by atoms with van der Waals surface area (Å²) in [6.45, 7) is 2.82. The van der Waals surface area contributed by atoms with Gasteiger partial charge in [-0.3, -0.25) is 4.98 Å². The number of aromatic nitrogens is 1. The molecule has 0 aliphatic carbocycles. The van der Waals surface area contributed by atoms with Gasteiger partial charge in [-0.05, 0) is 19.1 Å². The summed E-state index contributed by atoms with van der Waals surface area (Å²) in [7, 11) is 1.35. The number of ether oxygens (including phenoxy) is 2. The van der Waals surface area contributed by atoms with Crippen molar-refractivity contribution in [2.75, 3.05) is 13.7 Å². The topological polar surface area (TPSA) is 48.4 Å². The molecule has 76 valence electrons. The Morgan fingerprint density at radius 3 is 3.00 bits per heavy atom. The summed E-state index contributed by atoms with van der Waals surface area (Å²) in [5, 5.41) is 0. The van der Waals surface area contributed by atoms with Crippen molar-refractivity contribution in [2.45, 2.75) is 13.5 Å². The predicted octanol–water partition coefficient (Wildman–Crippen LogP) is 1.40. The molecule has 0 atom stereocenters. The van der Waals surface area contributed by atoms with Crippen molar-refractivity contribution in [1.29, 1.82) is 0 Å². The standard InChI is InChI=1S/C10H13NO3/c1-3-14-7-9-8(10(12)13-2)5-4-6-11-9/h4-6H,3,7H2,1-2H3. The van der Waals surface area contributed by atoms with Gasteiger partial charge in [-0.25, -0.2) is 4.79 Å². The second-order valence-corrected chi connectivity index (χ2v) is 2.63. The van der Waals surface area contributed by atoms with E-state index in [-0.39, 0.29) is 5.97 Å². The third-order valence-electron chi connectivity index (χ3n) is 1.74. The van der Waals surface area contributed by atoms with Crippen LogP contribution in [0.5, 0.6) is 0 Å².